The molecule has 3 aliphatic carbocycles. The van der Waals surface area contributed by atoms with Gasteiger partial charge in [0.05, 0.1) is 5.56 Å². The fourth-order valence-electron chi connectivity index (χ4n) is 6.50. The average Bonchev–Trinajstić information content (AvgIpc) is 2.89. The Balaban J connectivity index is 1.32. The van der Waals surface area contributed by atoms with Gasteiger partial charge in [0.15, 0.2) is 6.17 Å². The smallest absolute Gasteiger partial charge is 0.429 e. The molecule has 1 aromatic rings. The number of hydrogen-bond donors (Lipinski definition) is 0. The molecule has 1 aromatic carbocycles. The van der Waals surface area contributed by atoms with E-state index in [2.05, 4.69) is 16.4 Å². The summed E-state index contributed by atoms with van der Waals surface area (Å²) in [4.78, 5) is 0. The molecule has 0 N–H and O–H groups in total. The lowest BCUT2D eigenvalue weighted by molar-refractivity contribution is -0.257. The second-order valence-corrected chi connectivity index (χ2v) is 11.3. The van der Waals surface area contributed by atoms with Gasteiger partial charge >= 0.3 is 12.7 Å². The zero-order valence-corrected chi connectivity index (χ0v) is 22.2. The first-order valence-corrected chi connectivity index (χ1v) is 14.1. The maximum Gasteiger partial charge on any atom is 0.429 e. The fourth-order valence-corrected chi connectivity index (χ4v) is 6.50. The van der Waals surface area contributed by atoms with E-state index in [-0.39, 0.29) is 18.1 Å². The van der Waals surface area contributed by atoms with Crippen molar-refractivity contribution in [3.63, 3.8) is 0 Å². The molecule has 2 saturated carbocycles. The Morgan fingerprint density at radius 2 is 1.64 bits per heavy atom. The van der Waals surface area contributed by atoms with Crippen LogP contribution in [-0.4, -0.2) is 18.6 Å². The van der Waals surface area contributed by atoms with E-state index in [0.29, 0.717) is 17.6 Å². The standard InChI is InChI=1S/C30H37F7O2/c1-2-3-4-19-5-7-20(8-6-19)21-9-11-22(12-10-21)23-13-14-25(26(31)17-23)30(36,37)38-24-15-16-29(35,27(32)18-24)39-28(33)34/h13-22,27-28H,2-12H2,1H3. The molecule has 218 valence electrons. The van der Waals surface area contributed by atoms with Crippen LogP contribution in [0.4, 0.5) is 30.7 Å². The molecule has 0 saturated heterocycles. The second kappa shape index (κ2) is 12.6. The van der Waals surface area contributed by atoms with Crippen molar-refractivity contribution < 1.29 is 40.2 Å². The molecule has 0 bridgehead atoms. The molecular weight excluding hydrogens is 525 g/mol. The van der Waals surface area contributed by atoms with Gasteiger partial charge in [0.2, 0.25) is 0 Å². The molecule has 0 aromatic heterocycles. The largest absolute Gasteiger partial charge is 0.429 e. The highest BCUT2D eigenvalue weighted by Gasteiger charge is 2.45. The number of benzene rings is 1. The molecule has 2 atom stereocenters. The van der Waals surface area contributed by atoms with Gasteiger partial charge in [-0.25, -0.2) is 13.2 Å². The SMILES string of the molecule is CCCCC1CCC(C2CCC(c3ccc(C(F)(F)OC4=CC(F)C(F)(OC(F)F)C=C4)c(F)c3)CC2)CC1. The van der Waals surface area contributed by atoms with Crippen molar-refractivity contribution in [2.45, 2.75) is 108 Å². The number of ether oxygens (including phenoxy) is 2. The van der Waals surface area contributed by atoms with E-state index in [9.17, 15) is 30.7 Å². The van der Waals surface area contributed by atoms with Crippen LogP contribution in [-0.2, 0) is 15.6 Å². The number of halogens is 7. The van der Waals surface area contributed by atoms with Gasteiger partial charge < -0.3 is 4.74 Å². The first kappa shape index (κ1) is 29.9. The van der Waals surface area contributed by atoms with Crippen molar-refractivity contribution in [2.24, 2.45) is 17.8 Å². The van der Waals surface area contributed by atoms with Crippen LogP contribution >= 0.6 is 0 Å². The Kier molecular flexibility index (Phi) is 9.71. The molecule has 0 spiro atoms. The quantitative estimate of drug-likeness (QED) is 0.264. The number of allylic oxidation sites excluding steroid dienone is 1. The van der Waals surface area contributed by atoms with Gasteiger partial charge in [-0.1, -0.05) is 45.1 Å². The zero-order valence-electron chi connectivity index (χ0n) is 22.2. The Bertz CT molecular complexity index is 1010. The molecule has 3 aliphatic rings. The summed E-state index contributed by atoms with van der Waals surface area (Å²) in [5, 5.41) is 0. The van der Waals surface area contributed by atoms with E-state index in [1.807, 2.05) is 0 Å². The third-order valence-electron chi connectivity index (χ3n) is 8.75. The molecule has 0 amide bonds. The summed E-state index contributed by atoms with van der Waals surface area (Å²) in [6.07, 6.45) is 6.93. The van der Waals surface area contributed by atoms with Crippen LogP contribution in [0, 0.1) is 23.6 Å². The van der Waals surface area contributed by atoms with Gasteiger partial charge in [-0.05, 0) is 98.1 Å². The van der Waals surface area contributed by atoms with Crippen LogP contribution in [0.1, 0.15) is 94.6 Å². The molecule has 9 heteroatoms. The summed E-state index contributed by atoms with van der Waals surface area (Å²) in [7, 11) is 0. The highest BCUT2D eigenvalue weighted by atomic mass is 19.3. The van der Waals surface area contributed by atoms with E-state index in [1.54, 1.807) is 0 Å². The Morgan fingerprint density at radius 1 is 1.00 bits per heavy atom. The molecule has 2 fully saturated rings. The van der Waals surface area contributed by atoms with Crippen molar-refractivity contribution in [1.82, 2.24) is 0 Å². The lowest BCUT2D eigenvalue weighted by Crippen LogP contribution is -2.38. The second-order valence-electron chi connectivity index (χ2n) is 11.3. The topological polar surface area (TPSA) is 18.5 Å². The maximum absolute atomic E-state index is 14.9. The normalized spacial score (nSPS) is 31.8. The number of rotatable bonds is 10. The molecule has 2 unspecified atom stereocenters. The summed E-state index contributed by atoms with van der Waals surface area (Å²) in [6.45, 7) is -1.39. The number of alkyl halides is 6. The Hall–Kier alpha value is -2.03. The third-order valence-corrected chi connectivity index (χ3v) is 8.75. The summed E-state index contributed by atoms with van der Waals surface area (Å²) in [5.74, 6) is -3.15. The number of unbranched alkanes of at least 4 members (excludes halogenated alkanes) is 1. The van der Waals surface area contributed by atoms with E-state index in [4.69, 9.17) is 0 Å². The van der Waals surface area contributed by atoms with Crippen molar-refractivity contribution in [3.05, 3.63) is 59.1 Å². The molecule has 0 radical (unpaired) electrons. The molecule has 0 heterocycles. The predicted molar refractivity (Wildman–Crippen MR) is 134 cm³/mol. The van der Waals surface area contributed by atoms with E-state index in [1.165, 1.54) is 51.0 Å². The van der Waals surface area contributed by atoms with Gasteiger partial charge in [-0.15, -0.1) is 0 Å². The van der Waals surface area contributed by atoms with Crippen LogP contribution in [0.3, 0.4) is 0 Å². The summed E-state index contributed by atoms with van der Waals surface area (Å²) < 4.78 is 105. The van der Waals surface area contributed by atoms with Gasteiger partial charge in [-0.2, -0.15) is 17.6 Å². The lowest BCUT2D eigenvalue weighted by Gasteiger charge is -2.38. The van der Waals surface area contributed by atoms with Crippen LogP contribution in [0.25, 0.3) is 0 Å². The van der Waals surface area contributed by atoms with Gasteiger partial charge in [0.1, 0.15) is 11.6 Å². The number of hydrogen-bond acceptors (Lipinski definition) is 2. The first-order chi connectivity index (χ1) is 18.5. The van der Waals surface area contributed by atoms with Crippen LogP contribution in [0.15, 0.2) is 42.2 Å². The molecule has 2 nitrogen and oxygen atoms in total. The van der Waals surface area contributed by atoms with E-state index < -0.39 is 41.9 Å². The van der Waals surface area contributed by atoms with Gasteiger partial charge in [-0.3, -0.25) is 4.74 Å². The van der Waals surface area contributed by atoms with Crippen molar-refractivity contribution in [1.29, 1.82) is 0 Å². The summed E-state index contributed by atoms with van der Waals surface area (Å²) in [5.41, 5.74) is -0.397. The van der Waals surface area contributed by atoms with Gasteiger partial charge in [0, 0.05) is 0 Å². The summed E-state index contributed by atoms with van der Waals surface area (Å²) in [6, 6.07) is 3.52. The highest BCUT2D eigenvalue weighted by molar-refractivity contribution is 5.31. The monoisotopic (exact) mass is 562 g/mol. The van der Waals surface area contributed by atoms with Crippen molar-refractivity contribution in [2.75, 3.05) is 0 Å². The van der Waals surface area contributed by atoms with E-state index >= 15 is 0 Å². The minimum atomic E-state index is -4.20. The van der Waals surface area contributed by atoms with Crippen molar-refractivity contribution >= 4 is 0 Å². The zero-order chi connectivity index (χ0) is 28.2. The van der Waals surface area contributed by atoms with E-state index in [0.717, 1.165) is 49.7 Å². The molecule has 0 aliphatic heterocycles. The molecule has 39 heavy (non-hydrogen) atoms. The van der Waals surface area contributed by atoms with Gasteiger partial charge in [0.25, 0.3) is 5.85 Å². The first-order valence-electron chi connectivity index (χ1n) is 14.1. The molecular formula is C30H37F7O2. The van der Waals surface area contributed by atoms with Crippen LogP contribution in [0.5, 0.6) is 0 Å². The fraction of sp³-hybridized carbons (Fsp3) is 0.667. The molecule has 4 rings (SSSR count). The van der Waals surface area contributed by atoms with Crippen LogP contribution < -0.4 is 0 Å². The third kappa shape index (κ3) is 7.39. The minimum Gasteiger partial charge on any atom is -0.429 e. The Labute approximate surface area is 225 Å². The highest BCUT2D eigenvalue weighted by Crippen LogP contribution is 2.45. The predicted octanol–water partition coefficient (Wildman–Crippen LogP) is 9.86. The Morgan fingerprint density at radius 3 is 2.21 bits per heavy atom. The lowest BCUT2D eigenvalue weighted by atomic mass is 9.68. The average molecular weight is 563 g/mol. The van der Waals surface area contributed by atoms with Crippen LogP contribution in [0.2, 0.25) is 0 Å². The maximum atomic E-state index is 14.9. The minimum absolute atomic E-state index is 0.0871. The van der Waals surface area contributed by atoms with Crippen molar-refractivity contribution in [3.8, 4) is 0 Å². The summed E-state index contributed by atoms with van der Waals surface area (Å²) >= 11 is 0.